The van der Waals surface area contributed by atoms with E-state index in [1.807, 2.05) is 25.1 Å². The Morgan fingerprint density at radius 3 is 2.79 bits per heavy atom. The van der Waals surface area contributed by atoms with Crippen molar-refractivity contribution in [1.29, 1.82) is 0 Å². The van der Waals surface area contributed by atoms with E-state index < -0.39 is 10.8 Å². The Balaban J connectivity index is 1.66. The standard InChI is InChI=1S/C22H37N3O2S/c1-3-23-22(25-20-13-10-14-21(17-20)28(26)4-2)24-15-8-9-16-27-18-19-11-6-5-7-12-19/h5-7,11-12,20-21H,3-4,8-10,13-18H2,1-2H3,(H2,23,24,25). The van der Waals surface area contributed by atoms with Crippen LogP contribution in [0.15, 0.2) is 35.3 Å². The summed E-state index contributed by atoms with van der Waals surface area (Å²) in [7, 11) is -0.691. The van der Waals surface area contributed by atoms with E-state index in [-0.39, 0.29) is 0 Å². The molecule has 3 unspecified atom stereocenters. The van der Waals surface area contributed by atoms with E-state index in [1.165, 1.54) is 5.56 Å². The maximum atomic E-state index is 12.1. The molecule has 3 atom stereocenters. The summed E-state index contributed by atoms with van der Waals surface area (Å²) in [5.74, 6) is 1.65. The van der Waals surface area contributed by atoms with Crippen LogP contribution in [0.5, 0.6) is 0 Å². The molecule has 0 bridgehead atoms. The van der Waals surface area contributed by atoms with Gasteiger partial charge in [-0.25, -0.2) is 0 Å². The molecule has 0 heterocycles. The van der Waals surface area contributed by atoms with Gasteiger partial charge in [0.05, 0.1) is 6.61 Å². The largest absolute Gasteiger partial charge is 0.377 e. The molecule has 0 aliphatic heterocycles. The van der Waals surface area contributed by atoms with Crippen LogP contribution in [-0.2, 0) is 22.1 Å². The van der Waals surface area contributed by atoms with E-state index in [0.29, 0.717) is 17.9 Å². The van der Waals surface area contributed by atoms with Gasteiger partial charge in [-0.05, 0) is 44.6 Å². The lowest BCUT2D eigenvalue weighted by molar-refractivity contribution is 0.117. The van der Waals surface area contributed by atoms with Crippen molar-refractivity contribution in [3.05, 3.63) is 35.9 Å². The van der Waals surface area contributed by atoms with Gasteiger partial charge < -0.3 is 15.4 Å². The number of hydrogen-bond acceptors (Lipinski definition) is 3. The predicted molar refractivity (Wildman–Crippen MR) is 119 cm³/mol. The number of hydrogen-bond donors (Lipinski definition) is 2. The minimum Gasteiger partial charge on any atom is -0.377 e. The van der Waals surface area contributed by atoms with E-state index in [4.69, 9.17) is 9.73 Å². The molecule has 0 amide bonds. The highest BCUT2D eigenvalue weighted by Gasteiger charge is 2.25. The lowest BCUT2D eigenvalue weighted by Crippen LogP contribution is -2.46. The quantitative estimate of drug-likeness (QED) is 0.334. The number of benzene rings is 1. The normalized spacial score (nSPS) is 21.3. The highest BCUT2D eigenvalue weighted by molar-refractivity contribution is 7.85. The average molecular weight is 408 g/mol. The van der Waals surface area contributed by atoms with Crippen molar-refractivity contribution >= 4 is 16.8 Å². The number of guanidine groups is 1. The molecule has 1 aliphatic rings. The van der Waals surface area contributed by atoms with Crippen LogP contribution in [0, 0.1) is 0 Å². The molecule has 1 aromatic rings. The number of rotatable bonds is 11. The fraction of sp³-hybridized carbons (Fsp3) is 0.682. The Kier molecular flexibility index (Phi) is 11.2. The van der Waals surface area contributed by atoms with Crippen LogP contribution in [0.25, 0.3) is 0 Å². The fourth-order valence-electron chi connectivity index (χ4n) is 3.53. The van der Waals surface area contributed by atoms with Crippen molar-refractivity contribution in [2.75, 3.05) is 25.4 Å². The molecule has 0 saturated heterocycles. The molecule has 1 fully saturated rings. The number of aliphatic imine (C=N–C) groups is 1. The van der Waals surface area contributed by atoms with E-state index in [9.17, 15) is 4.21 Å². The van der Waals surface area contributed by atoms with Gasteiger partial charge in [0.25, 0.3) is 0 Å². The van der Waals surface area contributed by atoms with Gasteiger partial charge in [-0.2, -0.15) is 0 Å². The smallest absolute Gasteiger partial charge is 0.191 e. The topological polar surface area (TPSA) is 62.7 Å². The predicted octanol–water partition coefficient (Wildman–Crippen LogP) is 3.62. The van der Waals surface area contributed by atoms with Gasteiger partial charge in [0.1, 0.15) is 0 Å². The SMILES string of the molecule is CCNC(=NCCCCOCc1ccccc1)NC1CCCC(S(=O)CC)C1. The third-order valence-corrected chi connectivity index (χ3v) is 6.79. The zero-order valence-corrected chi connectivity index (χ0v) is 18.3. The summed E-state index contributed by atoms with van der Waals surface area (Å²) in [5.41, 5.74) is 1.22. The zero-order valence-electron chi connectivity index (χ0n) is 17.5. The van der Waals surface area contributed by atoms with Gasteiger partial charge in [0.2, 0.25) is 0 Å². The minimum atomic E-state index is -0.691. The van der Waals surface area contributed by atoms with Crippen molar-refractivity contribution in [2.45, 2.75) is 70.3 Å². The molecular weight excluding hydrogens is 370 g/mol. The lowest BCUT2D eigenvalue weighted by atomic mass is 9.95. The molecular formula is C22H37N3O2S. The Labute approximate surface area is 173 Å². The van der Waals surface area contributed by atoms with Gasteiger partial charge in [0.15, 0.2) is 5.96 Å². The van der Waals surface area contributed by atoms with Crippen LogP contribution in [-0.4, -0.2) is 46.9 Å². The van der Waals surface area contributed by atoms with Gasteiger partial charge in [-0.15, -0.1) is 0 Å². The number of unbranched alkanes of at least 4 members (excludes halogenated alkanes) is 1. The summed E-state index contributed by atoms with van der Waals surface area (Å²) in [6, 6.07) is 10.7. The molecule has 0 spiro atoms. The summed E-state index contributed by atoms with van der Waals surface area (Å²) in [5, 5.41) is 7.24. The molecule has 1 aliphatic carbocycles. The summed E-state index contributed by atoms with van der Waals surface area (Å²) in [6.45, 7) is 7.19. The lowest BCUT2D eigenvalue weighted by Gasteiger charge is -2.30. The molecule has 2 N–H and O–H groups in total. The third-order valence-electron chi connectivity index (χ3n) is 5.05. The van der Waals surface area contributed by atoms with E-state index in [0.717, 1.165) is 69.9 Å². The molecule has 0 aromatic heterocycles. The molecule has 5 nitrogen and oxygen atoms in total. The second-order valence-electron chi connectivity index (χ2n) is 7.31. The first-order valence-corrected chi connectivity index (χ1v) is 12.1. The monoisotopic (exact) mass is 407 g/mol. The van der Waals surface area contributed by atoms with E-state index in [1.54, 1.807) is 0 Å². The molecule has 6 heteroatoms. The van der Waals surface area contributed by atoms with Crippen LogP contribution >= 0.6 is 0 Å². The van der Waals surface area contributed by atoms with E-state index in [2.05, 4.69) is 29.7 Å². The highest BCUT2D eigenvalue weighted by atomic mass is 32.2. The number of nitrogens with zero attached hydrogens (tertiary/aromatic N) is 1. The molecule has 2 rings (SSSR count). The van der Waals surface area contributed by atoms with E-state index >= 15 is 0 Å². The van der Waals surface area contributed by atoms with Crippen LogP contribution < -0.4 is 10.6 Å². The highest BCUT2D eigenvalue weighted by Crippen LogP contribution is 2.22. The maximum absolute atomic E-state index is 12.1. The van der Waals surface area contributed by atoms with Gasteiger partial charge in [0, 0.05) is 47.5 Å². The van der Waals surface area contributed by atoms with Crippen molar-refractivity contribution in [1.82, 2.24) is 10.6 Å². The summed E-state index contributed by atoms with van der Waals surface area (Å²) >= 11 is 0. The molecule has 1 aromatic carbocycles. The van der Waals surface area contributed by atoms with Crippen LogP contribution in [0.2, 0.25) is 0 Å². The minimum absolute atomic E-state index is 0.334. The van der Waals surface area contributed by atoms with Crippen LogP contribution in [0.4, 0.5) is 0 Å². The first-order valence-electron chi connectivity index (χ1n) is 10.8. The molecule has 28 heavy (non-hydrogen) atoms. The maximum Gasteiger partial charge on any atom is 0.191 e. The van der Waals surface area contributed by atoms with Crippen molar-refractivity contribution in [3.8, 4) is 0 Å². The number of nitrogens with one attached hydrogen (secondary N) is 2. The average Bonchev–Trinajstić information content (AvgIpc) is 2.73. The van der Waals surface area contributed by atoms with Crippen LogP contribution in [0.1, 0.15) is 57.9 Å². The Morgan fingerprint density at radius 2 is 2.04 bits per heavy atom. The Morgan fingerprint density at radius 1 is 1.21 bits per heavy atom. The van der Waals surface area contributed by atoms with Gasteiger partial charge in [-0.3, -0.25) is 9.20 Å². The molecule has 1 saturated carbocycles. The number of ether oxygens (including phenoxy) is 1. The second-order valence-corrected chi connectivity index (χ2v) is 9.31. The summed E-state index contributed by atoms with van der Waals surface area (Å²) in [4.78, 5) is 4.72. The van der Waals surface area contributed by atoms with Crippen molar-refractivity contribution < 1.29 is 8.95 Å². The molecule has 158 valence electrons. The van der Waals surface area contributed by atoms with Crippen LogP contribution in [0.3, 0.4) is 0 Å². The third kappa shape index (κ3) is 8.74. The van der Waals surface area contributed by atoms with Crippen molar-refractivity contribution in [2.24, 2.45) is 4.99 Å². The first-order chi connectivity index (χ1) is 13.7. The Hall–Kier alpha value is -1.40. The van der Waals surface area contributed by atoms with Gasteiger partial charge in [-0.1, -0.05) is 43.7 Å². The molecule has 0 radical (unpaired) electrons. The second kappa shape index (κ2) is 13.7. The van der Waals surface area contributed by atoms with Gasteiger partial charge >= 0.3 is 0 Å². The summed E-state index contributed by atoms with van der Waals surface area (Å²) in [6.07, 6.45) is 6.38. The van der Waals surface area contributed by atoms with Crippen molar-refractivity contribution in [3.63, 3.8) is 0 Å². The summed E-state index contributed by atoms with van der Waals surface area (Å²) < 4.78 is 17.9. The zero-order chi connectivity index (χ0) is 20.0. The fourth-order valence-corrected chi connectivity index (χ4v) is 4.88. The Bertz CT molecular complexity index is 595. The first kappa shape index (κ1) is 22.9.